The second-order valence-electron chi connectivity index (χ2n) is 5.07. The van der Waals surface area contributed by atoms with Gasteiger partial charge >= 0.3 is 0 Å². The second kappa shape index (κ2) is 6.23. The summed E-state index contributed by atoms with van der Waals surface area (Å²) in [5.74, 6) is 0. The Morgan fingerprint density at radius 3 is 1.68 bits per heavy atom. The molecule has 2 atom stereocenters. The molecule has 1 nitrogen and oxygen atoms in total. The van der Waals surface area contributed by atoms with Crippen molar-refractivity contribution >= 4 is 11.6 Å². The molecule has 0 saturated heterocycles. The van der Waals surface area contributed by atoms with E-state index in [1.54, 1.807) is 0 Å². The van der Waals surface area contributed by atoms with Crippen LogP contribution in [0.5, 0.6) is 0 Å². The van der Waals surface area contributed by atoms with Crippen LogP contribution in [0.4, 0.5) is 0 Å². The topological polar surface area (TPSA) is 12.0 Å². The minimum atomic E-state index is 0.300. The largest absolute Gasteiger partial charge is 0.304 e. The highest BCUT2D eigenvalue weighted by atomic mass is 35.5. The molecule has 0 amide bonds. The predicted octanol–water partition coefficient (Wildman–Crippen LogP) is 5.06. The molecule has 2 aromatic rings. The minimum Gasteiger partial charge on any atom is -0.304 e. The van der Waals surface area contributed by atoms with E-state index < -0.39 is 0 Å². The first-order valence-corrected chi connectivity index (χ1v) is 7.02. The van der Waals surface area contributed by atoms with Crippen LogP contribution >= 0.6 is 11.6 Å². The summed E-state index contributed by atoms with van der Waals surface area (Å²) in [7, 11) is 0. The molecule has 0 heterocycles. The molecule has 19 heavy (non-hydrogen) atoms. The van der Waals surface area contributed by atoms with E-state index in [9.17, 15) is 0 Å². The van der Waals surface area contributed by atoms with Crippen molar-refractivity contribution in [3.8, 4) is 0 Å². The van der Waals surface area contributed by atoms with E-state index in [2.05, 4.69) is 62.5 Å². The number of halogens is 1. The van der Waals surface area contributed by atoms with Gasteiger partial charge in [0.05, 0.1) is 0 Å². The Labute approximate surface area is 120 Å². The minimum absolute atomic E-state index is 0.300. The normalized spacial score (nSPS) is 14.1. The van der Waals surface area contributed by atoms with E-state index >= 15 is 0 Å². The lowest BCUT2D eigenvalue weighted by atomic mass is 10.0. The number of rotatable bonds is 4. The number of aryl methyl sites for hydroxylation is 1. The molecule has 0 aliphatic carbocycles. The van der Waals surface area contributed by atoms with Gasteiger partial charge in [-0.15, -0.1) is 0 Å². The third kappa shape index (κ3) is 3.82. The first-order valence-electron chi connectivity index (χ1n) is 6.64. The Bertz CT molecular complexity index is 466. The van der Waals surface area contributed by atoms with Gasteiger partial charge in [0.2, 0.25) is 0 Å². The fourth-order valence-corrected chi connectivity index (χ4v) is 2.30. The average Bonchev–Trinajstić information content (AvgIpc) is 2.40. The van der Waals surface area contributed by atoms with Crippen molar-refractivity contribution in [3.63, 3.8) is 0 Å². The smallest absolute Gasteiger partial charge is 0.0406 e. The van der Waals surface area contributed by atoms with Crippen LogP contribution in [0.1, 0.15) is 42.6 Å². The molecule has 2 rings (SSSR count). The summed E-state index contributed by atoms with van der Waals surface area (Å²) < 4.78 is 0. The molecule has 0 fully saturated rings. The quantitative estimate of drug-likeness (QED) is 0.821. The lowest BCUT2D eigenvalue weighted by molar-refractivity contribution is 0.494. The third-order valence-corrected chi connectivity index (χ3v) is 3.70. The van der Waals surface area contributed by atoms with Crippen LogP contribution in [-0.2, 0) is 0 Å². The van der Waals surface area contributed by atoms with Crippen molar-refractivity contribution in [2.45, 2.75) is 32.9 Å². The Hall–Kier alpha value is -1.31. The van der Waals surface area contributed by atoms with Crippen molar-refractivity contribution in [2.75, 3.05) is 0 Å². The molecule has 0 aliphatic rings. The van der Waals surface area contributed by atoms with Gasteiger partial charge in [-0.2, -0.15) is 0 Å². The van der Waals surface area contributed by atoms with Crippen molar-refractivity contribution in [1.29, 1.82) is 0 Å². The second-order valence-corrected chi connectivity index (χ2v) is 5.51. The van der Waals surface area contributed by atoms with Crippen LogP contribution in [0, 0.1) is 6.92 Å². The molecule has 0 spiro atoms. The van der Waals surface area contributed by atoms with E-state index in [0.717, 1.165) is 5.02 Å². The van der Waals surface area contributed by atoms with Crippen molar-refractivity contribution < 1.29 is 0 Å². The monoisotopic (exact) mass is 273 g/mol. The maximum atomic E-state index is 5.91. The van der Waals surface area contributed by atoms with Crippen LogP contribution in [0.25, 0.3) is 0 Å². The molecule has 2 heteroatoms. The van der Waals surface area contributed by atoms with Crippen LogP contribution in [-0.4, -0.2) is 0 Å². The van der Waals surface area contributed by atoms with Gasteiger partial charge in [-0.25, -0.2) is 0 Å². The summed E-state index contributed by atoms with van der Waals surface area (Å²) >= 11 is 5.91. The first-order chi connectivity index (χ1) is 9.06. The lowest BCUT2D eigenvalue weighted by Crippen LogP contribution is -2.22. The molecule has 1 N–H and O–H groups in total. The molecule has 1 unspecified atom stereocenters. The average molecular weight is 274 g/mol. The zero-order chi connectivity index (χ0) is 13.8. The Kier molecular flexibility index (Phi) is 4.62. The van der Waals surface area contributed by atoms with Crippen LogP contribution in [0.2, 0.25) is 5.02 Å². The highest BCUT2D eigenvalue weighted by molar-refractivity contribution is 6.30. The van der Waals surface area contributed by atoms with Gasteiger partial charge in [-0.05, 0) is 44.0 Å². The maximum Gasteiger partial charge on any atom is 0.0406 e. The summed E-state index contributed by atoms with van der Waals surface area (Å²) in [4.78, 5) is 0. The van der Waals surface area contributed by atoms with E-state index in [1.807, 2.05) is 12.1 Å². The summed E-state index contributed by atoms with van der Waals surface area (Å²) in [5, 5.41) is 4.39. The molecule has 0 aliphatic heterocycles. The molecular weight excluding hydrogens is 254 g/mol. The molecular formula is C17H20ClN. The predicted molar refractivity (Wildman–Crippen MR) is 82.6 cm³/mol. The van der Waals surface area contributed by atoms with Gasteiger partial charge in [0.15, 0.2) is 0 Å². The summed E-state index contributed by atoms with van der Waals surface area (Å²) in [6.07, 6.45) is 0. The Morgan fingerprint density at radius 1 is 0.789 bits per heavy atom. The van der Waals surface area contributed by atoms with Crippen molar-refractivity contribution in [1.82, 2.24) is 5.32 Å². The zero-order valence-electron chi connectivity index (χ0n) is 11.7. The van der Waals surface area contributed by atoms with Crippen molar-refractivity contribution in [3.05, 3.63) is 70.2 Å². The van der Waals surface area contributed by atoms with E-state index in [4.69, 9.17) is 11.6 Å². The maximum absolute atomic E-state index is 5.91. The summed E-state index contributed by atoms with van der Waals surface area (Å²) in [5.41, 5.74) is 3.86. The van der Waals surface area contributed by atoms with Gasteiger partial charge in [0.25, 0.3) is 0 Å². The Balaban J connectivity index is 2.03. The van der Waals surface area contributed by atoms with E-state index in [-0.39, 0.29) is 0 Å². The fourth-order valence-electron chi connectivity index (χ4n) is 2.17. The standard InChI is InChI=1S/C17H20ClN/c1-12-4-6-15(7-5-12)13(2)19-14(3)16-8-10-17(18)11-9-16/h4-11,13-14,19H,1-3H3/t13?,14-/m0/s1. The van der Waals surface area contributed by atoms with Crippen LogP contribution in [0.3, 0.4) is 0 Å². The van der Waals surface area contributed by atoms with Gasteiger partial charge in [0, 0.05) is 17.1 Å². The lowest BCUT2D eigenvalue weighted by Gasteiger charge is -2.21. The third-order valence-electron chi connectivity index (χ3n) is 3.45. The zero-order valence-corrected chi connectivity index (χ0v) is 12.4. The molecule has 0 saturated carbocycles. The number of nitrogens with one attached hydrogen (secondary N) is 1. The molecule has 100 valence electrons. The van der Waals surface area contributed by atoms with Gasteiger partial charge < -0.3 is 5.32 Å². The fraction of sp³-hybridized carbons (Fsp3) is 0.294. The highest BCUT2D eigenvalue weighted by Crippen LogP contribution is 2.21. The number of benzene rings is 2. The molecule has 0 radical (unpaired) electrons. The van der Waals surface area contributed by atoms with Crippen LogP contribution in [0.15, 0.2) is 48.5 Å². The van der Waals surface area contributed by atoms with Crippen LogP contribution < -0.4 is 5.32 Å². The summed E-state index contributed by atoms with van der Waals surface area (Å²) in [6, 6.07) is 17.3. The molecule has 0 bridgehead atoms. The SMILES string of the molecule is Cc1ccc(C(C)N[C@@H](C)c2ccc(Cl)cc2)cc1. The molecule has 0 aromatic heterocycles. The molecule has 2 aromatic carbocycles. The van der Waals surface area contributed by atoms with Gasteiger partial charge in [-0.1, -0.05) is 53.6 Å². The number of hydrogen-bond donors (Lipinski definition) is 1. The van der Waals surface area contributed by atoms with E-state index in [1.165, 1.54) is 16.7 Å². The van der Waals surface area contributed by atoms with E-state index in [0.29, 0.717) is 12.1 Å². The Morgan fingerprint density at radius 2 is 1.21 bits per heavy atom. The number of hydrogen-bond acceptors (Lipinski definition) is 1. The van der Waals surface area contributed by atoms with Gasteiger partial charge in [0.1, 0.15) is 0 Å². The first kappa shape index (κ1) is 14.1. The van der Waals surface area contributed by atoms with Crippen molar-refractivity contribution in [2.24, 2.45) is 0 Å². The van der Waals surface area contributed by atoms with Gasteiger partial charge in [-0.3, -0.25) is 0 Å². The highest BCUT2D eigenvalue weighted by Gasteiger charge is 2.10. The summed E-state index contributed by atoms with van der Waals surface area (Å²) in [6.45, 7) is 6.48.